The van der Waals surface area contributed by atoms with E-state index in [1.165, 1.54) is 5.56 Å². The Labute approximate surface area is 119 Å². The molecule has 0 bridgehead atoms. The first-order chi connectivity index (χ1) is 8.97. The lowest BCUT2D eigenvalue weighted by molar-refractivity contribution is 0.102. The Bertz CT molecular complexity index is 594. The van der Waals surface area contributed by atoms with Crippen LogP contribution in [0.1, 0.15) is 27.0 Å². The summed E-state index contributed by atoms with van der Waals surface area (Å²) in [4.78, 5) is 13.0. The number of benzene rings is 2. The lowest BCUT2D eigenvalue weighted by Gasteiger charge is -2.13. The number of aryl methyl sites for hydroxylation is 3. The quantitative estimate of drug-likeness (QED) is 0.789. The van der Waals surface area contributed by atoms with Gasteiger partial charge in [-0.3, -0.25) is 4.79 Å². The minimum atomic E-state index is -0.0941. The van der Waals surface area contributed by atoms with Gasteiger partial charge in [0, 0.05) is 16.1 Å². The molecule has 0 spiro atoms. The molecule has 1 N–H and O–H groups in total. The third kappa shape index (κ3) is 3.18. The third-order valence-corrected chi connectivity index (χ3v) is 3.34. The molecule has 0 unspecified atom stereocenters. The van der Waals surface area contributed by atoms with Crippen LogP contribution >= 0.6 is 12.6 Å². The largest absolute Gasteiger partial charge is 0.322 e. The van der Waals surface area contributed by atoms with Crippen molar-refractivity contribution in [3.63, 3.8) is 0 Å². The number of hydrogen-bond acceptors (Lipinski definition) is 2. The minimum Gasteiger partial charge on any atom is -0.322 e. The fourth-order valence-electron chi connectivity index (χ4n) is 2.18. The normalized spacial score (nSPS) is 10.3. The van der Waals surface area contributed by atoms with Gasteiger partial charge >= 0.3 is 0 Å². The molecule has 0 aliphatic carbocycles. The van der Waals surface area contributed by atoms with E-state index in [9.17, 15) is 4.79 Å². The fraction of sp³-hybridized carbons (Fsp3) is 0.188. The van der Waals surface area contributed by atoms with E-state index in [1.807, 2.05) is 26.0 Å². The van der Waals surface area contributed by atoms with Crippen LogP contribution in [0.5, 0.6) is 0 Å². The summed E-state index contributed by atoms with van der Waals surface area (Å²) in [6, 6.07) is 11.3. The van der Waals surface area contributed by atoms with Gasteiger partial charge in [0.2, 0.25) is 0 Å². The fourth-order valence-corrected chi connectivity index (χ4v) is 2.32. The molecule has 0 heterocycles. The number of amides is 1. The standard InChI is InChI=1S/C16H17NOS/c1-10-8-11(2)15(12(3)9-10)17-16(18)13-4-6-14(19)7-5-13/h4-9,19H,1-3H3,(H,17,18). The first kappa shape index (κ1) is 13.7. The SMILES string of the molecule is Cc1cc(C)c(NC(=O)c2ccc(S)cc2)c(C)c1. The van der Waals surface area contributed by atoms with Crippen LogP contribution in [0.2, 0.25) is 0 Å². The van der Waals surface area contributed by atoms with Crippen LogP contribution in [0.3, 0.4) is 0 Å². The van der Waals surface area contributed by atoms with Gasteiger partial charge in [-0.25, -0.2) is 0 Å². The predicted octanol–water partition coefficient (Wildman–Crippen LogP) is 4.15. The molecule has 0 atom stereocenters. The molecule has 19 heavy (non-hydrogen) atoms. The highest BCUT2D eigenvalue weighted by atomic mass is 32.1. The van der Waals surface area contributed by atoms with Crippen LogP contribution in [0, 0.1) is 20.8 Å². The van der Waals surface area contributed by atoms with Gasteiger partial charge in [-0.2, -0.15) is 0 Å². The van der Waals surface area contributed by atoms with Crippen molar-refractivity contribution in [3.8, 4) is 0 Å². The molecule has 0 saturated heterocycles. The molecule has 0 aliphatic heterocycles. The molecule has 2 aromatic carbocycles. The van der Waals surface area contributed by atoms with Crippen molar-refractivity contribution in [2.75, 3.05) is 5.32 Å². The van der Waals surface area contributed by atoms with E-state index < -0.39 is 0 Å². The maximum absolute atomic E-state index is 12.2. The summed E-state index contributed by atoms with van der Waals surface area (Å²) in [5.41, 5.74) is 4.89. The molecule has 3 heteroatoms. The van der Waals surface area contributed by atoms with Gasteiger partial charge in [0.25, 0.3) is 5.91 Å². The van der Waals surface area contributed by atoms with Crippen LogP contribution in [0.15, 0.2) is 41.3 Å². The molecule has 0 fully saturated rings. The Morgan fingerprint density at radius 2 is 1.53 bits per heavy atom. The number of carbonyl (C=O) groups is 1. The van der Waals surface area contributed by atoms with Crippen LogP contribution in [0.4, 0.5) is 5.69 Å². The lowest BCUT2D eigenvalue weighted by atomic mass is 10.0. The summed E-state index contributed by atoms with van der Waals surface area (Å²) in [6.07, 6.45) is 0. The summed E-state index contributed by atoms with van der Waals surface area (Å²) >= 11 is 4.21. The van der Waals surface area contributed by atoms with E-state index >= 15 is 0 Å². The van der Waals surface area contributed by atoms with E-state index in [2.05, 4.69) is 37.0 Å². The molecular weight excluding hydrogens is 254 g/mol. The van der Waals surface area contributed by atoms with Crippen molar-refractivity contribution in [2.45, 2.75) is 25.7 Å². The molecule has 98 valence electrons. The van der Waals surface area contributed by atoms with E-state index in [0.29, 0.717) is 5.56 Å². The second kappa shape index (κ2) is 5.49. The number of carbonyl (C=O) groups excluding carboxylic acids is 1. The van der Waals surface area contributed by atoms with Crippen molar-refractivity contribution in [1.82, 2.24) is 0 Å². The monoisotopic (exact) mass is 271 g/mol. The van der Waals surface area contributed by atoms with E-state index in [1.54, 1.807) is 12.1 Å². The second-order valence-corrected chi connectivity index (χ2v) is 5.29. The molecule has 2 nitrogen and oxygen atoms in total. The zero-order valence-corrected chi connectivity index (χ0v) is 12.2. The summed E-state index contributed by atoms with van der Waals surface area (Å²) in [6.45, 7) is 6.07. The molecule has 0 saturated carbocycles. The Balaban J connectivity index is 2.26. The van der Waals surface area contributed by atoms with Gasteiger partial charge in [0.1, 0.15) is 0 Å². The third-order valence-electron chi connectivity index (χ3n) is 3.05. The van der Waals surface area contributed by atoms with Gasteiger partial charge < -0.3 is 5.32 Å². The lowest BCUT2D eigenvalue weighted by Crippen LogP contribution is -2.13. The number of anilines is 1. The average Bonchev–Trinajstić information content (AvgIpc) is 2.34. The van der Waals surface area contributed by atoms with Crippen molar-refractivity contribution in [2.24, 2.45) is 0 Å². The first-order valence-corrected chi connectivity index (χ1v) is 6.60. The topological polar surface area (TPSA) is 29.1 Å². The Morgan fingerprint density at radius 3 is 2.05 bits per heavy atom. The van der Waals surface area contributed by atoms with Crippen LogP contribution < -0.4 is 5.32 Å². The maximum atomic E-state index is 12.2. The Morgan fingerprint density at radius 1 is 1.00 bits per heavy atom. The summed E-state index contributed by atoms with van der Waals surface area (Å²) < 4.78 is 0. The van der Waals surface area contributed by atoms with E-state index in [4.69, 9.17) is 0 Å². The number of rotatable bonds is 2. The summed E-state index contributed by atoms with van der Waals surface area (Å²) in [5, 5.41) is 2.98. The molecule has 0 aromatic heterocycles. The predicted molar refractivity (Wildman–Crippen MR) is 82.3 cm³/mol. The molecule has 1 amide bonds. The molecular formula is C16H17NOS. The number of nitrogens with one attached hydrogen (secondary N) is 1. The second-order valence-electron chi connectivity index (χ2n) is 4.77. The summed E-state index contributed by atoms with van der Waals surface area (Å²) in [5.74, 6) is -0.0941. The average molecular weight is 271 g/mol. The number of hydrogen-bond donors (Lipinski definition) is 2. The van der Waals surface area contributed by atoms with Crippen molar-refractivity contribution >= 4 is 24.2 Å². The van der Waals surface area contributed by atoms with Gasteiger partial charge in [-0.05, 0) is 56.2 Å². The molecule has 2 aromatic rings. The van der Waals surface area contributed by atoms with Crippen molar-refractivity contribution < 1.29 is 4.79 Å². The van der Waals surface area contributed by atoms with E-state index in [0.717, 1.165) is 21.7 Å². The molecule has 0 aliphatic rings. The smallest absolute Gasteiger partial charge is 0.255 e. The molecule has 0 radical (unpaired) electrons. The van der Waals surface area contributed by atoms with Gasteiger partial charge in [-0.15, -0.1) is 12.6 Å². The van der Waals surface area contributed by atoms with Crippen LogP contribution in [-0.4, -0.2) is 5.91 Å². The Hall–Kier alpha value is -1.74. The Kier molecular flexibility index (Phi) is 3.96. The van der Waals surface area contributed by atoms with Crippen LogP contribution in [-0.2, 0) is 0 Å². The highest BCUT2D eigenvalue weighted by molar-refractivity contribution is 7.80. The van der Waals surface area contributed by atoms with Crippen molar-refractivity contribution in [1.29, 1.82) is 0 Å². The summed E-state index contributed by atoms with van der Waals surface area (Å²) in [7, 11) is 0. The highest BCUT2D eigenvalue weighted by Crippen LogP contribution is 2.22. The van der Waals surface area contributed by atoms with E-state index in [-0.39, 0.29) is 5.91 Å². The van der Waals surface area contributed by atoms with Crippen LogP contribution in [0.25, 0.3) is 0 Å². The molecule has 2 rings (SSSR count). The first-order valence-electron chi connectivity index (χ1n) is 6.15. The maximum Gasteiger partial charge on any atom is 0.255 e. The van der Waals surface area contributed by atoms with Gasteiger partial charge in [0.15, 0.2) is 0 Å². The van der Waals surface area contributed by atoms with Gasteiger partial charge in [0.05, 0.1) is 0 Å². The zero-order chi connectivity index (χ0) is 14.0. The zero-order valence-electron chi connectivity index (χ0n) is 11.3. The highest BCUT2D eigenvalue weighted by Gasteiger charge is 2.10. The van der Waals surface area contributed by atoms with Crippen molar-refractivity contribution in [3.05, 3.63) is 58.7 Å². The number of thiol groups is 1. The minimum absolute atomic E-state index is 0.0941. The van der Waals surface area contributed by atoms with Gasteiger partial charge in [-0.1, -0.05) is 17.7 Å².